The third kappa shape index (κ3) is 4.84. The maximum atomic E-state index is 13.3. The maximum absolute atomic E-state index is 13.3. The highest BCUT2D eigenvalue weighted by Crippen LogP contribution is 2.33. The van der Waals surface area contributed by atoms with Crippen molar-refractivity contribution in [2.75, 3.05) is 20.8 Å². The van der Waals surface area contributed by atoms with Crippen LogP contribution < -0.4 is 15.0 Å². The zero-order valence-electron chi connectivity index (χ0n) is 18.4. The van der Waals surface area contributed by atoms with E-state index < -0.39 is 5.97 Å². The van der Waals surface area contributed by atoms with Crippen molar-refractivity contribution >= 4 is 39.0 Å². The van der Waals surface area contributed by atoms with Gasteiger partial charge in [0.05, 0.1) is 31.3 Å². The summed E-state index contributed by atoms with van der Waals surface area (Å²) < 4.78 is 17.4. The van der Waals surface area contributed by atoms with Crippen LogP contribution in [0.4, 0.5) is 0 Å². The van der Waals surface area contributed by atoms with Gasteiger partial charge in [-0.25, -0.2) is 9.78 Å². The molecule has 0 N–H and O–H groups in total. The Balaban J connectivity index is 1.79. The number of carbonyl (C=O) groups is 1. The van der Waals surface area contributed by atoms with Crippen LogP contribution in [0.1, 0.15) is 5.56 Å². The molecule has 0 bridgehead atoms. The Morgan fingerprint density at radius 1 is 1.06 bits per heavy atom. The van der Waals surface area contributed by atoms with Crippen molar-refractivity contribution in [1.82, 2.24) is 9.66 Å². The first kappa shape index (κ1) is 23.2. The average Bonchev–Trinajstić information content (AvgIpc) is 2.87. The van der Waals surface area contributed by atoms with E-state index in [0.29, 0.717) is 38.3 Å². The number of para-hydroxylation sites is 1. The molecule has 0 saturated heterocycles. The fourth-order valence-electron chi connectivity index (χ4n) is 3.24. The topological polar surface area (TPSA) is 92.0 Å². The van der Waals surface area contributed by atoms with Crippen LogP contribution in [-0.4, -0.2) is 42.7 Å². The lowest BCUT2D eigenvalue weighted by molar-refractivity contribution is -0.142. The van der Waals surface area contributed by atoms with E-state index in [9.17, 15) is 9.59 Å². The van der Waals surface area contributed by atoms with Crippen LogP contribution in [0.25, 0.3) is 22.3 Å². The Labute approximate surface area is 203 Å². The van der Waals surface area contributed by atoms with Crippen LogP contribution in [0.5, 0.6) is 11.5 Å². The molecule has 8 nitrogen and oxygen atoms in total. The van der Waals surface area contributed by atoms with Crippen LogP contribution >= 0.6 is 15.9 Å². The average molecular weight is 522 g/mol. The zero-order chi connectivity index (χ0) is 24.1. The third-order valence-electron chi connectivity index (χ3n) is 4.95. The quantitative estimate of drug-likeness (QED) is 0.266. The molecule has 0 atom stereocenters. The molecule has 172 valence electrons. The van der Waals surface area contributed by atoms with E-state index in [1.807, 2.05) is 36.4 Å². The molecular formula is C25H20BrN3O5. The summed E-state index contributed by atoms with van der Waals surface area (Å²) >= 11 is 3.48. The van der Waals surface area contributed by atoms with Crippen molar-refractivity contribution in [2.24, 2.45) is 5.10 Å². The molecule has 4 rings (SSSR count). The molecule has 0 aliphatic rings. The van der Waals surface area contributed by atoms with E-state index in [1.54, 1.807) is 30.3 Å². The first-order valence-corrected chi connectivity index (χ1v) is 11.0. The molecule has 3 aromatic carbocycles. The van der Waals surface area contributed by atoms with Crippen LogP contribution in [-0.2, 0) is 9.53 Å². The van der Waals surface area contributed by atoms with Gasteiger partial charge in [-0.1, -0.05) is 42.5 Å². The second kappa shape index (κ2) is 10.3. The fourth-order valence-corrected chi connectivity index (χ4v) is 3.67. The van der Waals surface area contributed by atoms with Crippen molar-refractivity contribution in [3.8, 4) is 22.9 Å². The number of esters is 1. The number of halogens is 1. The van der Waals surface area contributed by atoms with Gasteiger partial charge in [-0.2, -0.15) is 9.78 Å². The minimum Gasteiger partial charge on any atom is -0.493 e. The lowest BCUT2D eigenvalue weighted by atomic mass is 10.2. The van der Waals surface area contributed by atoms with Gasteiger partial charge in [-0.3, -0.25) is 4.79 Å². The van der Waals surface area contributed by atoms with Gasteiger partial charge in [-0.05, 0) is 40.2 Å². The Hall–Kier alpha value is -3.98. The lowest BCUT2D eigenvalue weighted by Gasteiger charge is -2.12. The molecule has 0 amide bonds. The summed E-state index contributed by atoms with van der Waals surface area (Å²) in [4.78, 5) is 29.4. The van der Waals surface area contributed by atoms with Gasteiger partial charge < -0.3 is 14.2 Å². The number of benzene rings is 3. The van der Waals surface area contributed by atoms with E-state index in [2.05, 4.69) is 30.8 Å². The van der Waals surface area contributed by atoms with Crippen molar-refractivity contribution < 1.29 is 19.0 Å². The van der Waals surface area contributed by atoms with Gasteiger partial charge in [0.15, 0.2) is 23.9 Å². The fraction of sp³-hybridized carbons (Fsp3) is 0.120. The first-order valence-electron chi connectivity index (χ1n) is 10.2. The summed E-state index contributed by atoms with van der Waals surface area (Å²) in [5.41, 5.74) is 1.68. The van der Waals surface area contributed by atoms with Crippen molar-refractivity contribution in [3.63, 3.8) is 0 Å². The van der Waals surface area contributed by atoms with Crippen molar-refractivity contribution in [2.45, 2.75) is 0 Å². The van der Waals surface area contributed by atoms with E-state index >= 15 is 0 Å². The molecular weight excluding hydrogens is 502 g/mol. The zero-order valence-corrected chi connectivity index (χ0v) is 20.0. The van der Waals surface area contributed by atoms with Gasteiger partial charge in [-0.15, -0.1) is 0 Å². The number of methoxy groups -OCH3 is 2. The molecule has 0 radical (unpaired) electrons. The van der Waals surface area contributed by atoms with Crippen LogP contribution in [0.2, 0.25) is 0 Å². The smallest absolute Gasteiger partial charge is 0.343 e. The molecule has 1 heterocycles. The molecule has 0 unspecified atom stereocenters. The number of carbonyl (C=O) groups excluding carboxylic acids is 1. The normalized spacial score (nSPS) is 11.0. The highest BCUT2D eigenvalue weighted by atomic mass is 79.9. The molecule has 9 heteroatoms. The van der Waals surface area contributed by atoms with E-state index in [0.717, 1.165) is 5.56 Å². The molecule has 0 fully saturated rings. The molecule has 0 saturated carbocycles. The number of nitrogens with zero attached hydrogens (tertiary/aromatic N) is 3. The number of aromatic nitrogens is 2. The molecule has 0 aliphatic heterocycles. The third-order valence-corrected chi connectivity index (χ3v) is 5.64. The van der Waals surface area contributed by atoms with Crippen molar-refractivity contribution in [1.29, 1.82) is 0 Å². The number of ether oxygens (including phenoxy) is 3. The molecule has 4 aromatic rings. The highest BCUT2D eigenvalue weighted by molar-refractivity contribution is 9.10. The van der Waals surface area contributed by atoms with Gasteiger partial charge in [0.2, 0.25) is 0 Å². The molecule has 0 spiro atoms. The number of hydrogen-bond acceptors (Lipinski definition) is 7. The SMILES string of the molecule is COC(=O)COc1cc(Br)c(C=Nn2c(-c3ccccc3)nc3ccccc3c2=O)cc1OC. The minimum atomic E-state index is -0.513. The van der Waals surface area contributed by atoms with Crippen LogP contribution in [0.15, 0.2) is 81.1 Å². The summed E-state index contributed by atoms with van der Waals surface area (Å²) in [6.07, 6.45) is 1.53. The molecule has 34 heavy (non-hydrogen) atoms. The van der Waals surface area contributed by atoms with Crippen molar-refractivity contribution in [3.05, 3.63) is 87.1 Å². The second-order valence-corrected chi connectivity index (χ2v) is 7.92. The monoisotopic (exact) mass is 521 g/mol. The van der Waals surface area contributed by atoms with Gasteiger partial charge in [0, 0.05) is 15.6 Å². The van der Waals surface area contributed by atoms with Gasteiger partial charge >= 0.3 is 5.97 Å². The standard InChI is InChI=1S/C25H20BrN3O5/c1-32-21-12-17(19(26)13-22(21)34-15-23(30)33-2)14-27-29-24(16-8-4-3-5-9-16)28-20-11-7-6-10-18(20)25(29)31/h3-14H,15H2,1-2H3. The summed E-state index contributed by atoms with van der Waals surface area (Å²) in [6, 6.07) is 19.9. The largest absolute Gasteiger partial charge is 0.493 e. The lowest BCUT2D eigenvalue weighted by Crippen LogP contribution is -2.20. The van der Waals surface area contributed by atoms with E-state index in [1.165, 1.54) is 25.1 Å². The first-order chi connectivity index (χ1) is 16.5. The molecule has 1 aromatic heterocycles. The highest BCUT2D eigenvalue weighted by Gasteiger charge is 2.14. The number of hydrogen-bond donors (Lipinski definition) is 0. The Morgan fingerprint density at radius 2 is 1.79 bits per heavy atom. The van der Waals surface area contributed by atoms with Crippen LogP contribution in [0, 0.1) is 0 Å². The Bertz CT molecular complexity index is 1430. The summed E-state index contributed by atoms with van der Waals surface area (Å²) in [5.74, 6) is 0.648. The Kier molecular flexibility index (Phi) is 7.03. The minimum absolute atomic E-state index is 0.259. The number of fused-ring (bicyclic) bond motifs is 1. The summed E-state index contributed by atoms with van der Waals surface area (Å²) in [5, 5.41) is 4.93. The van der Waals surface area contributed by atoms with Crippen LogP contribution in [0.3, 0.4) is 0 Å². The summed E-state index contributed by atoms with van der Waals surface area (Å²) in [6.45, 7) is -0.259. The van der Waals surface area contributed by atoms with Gasteiger partial charge in [0.1, 0.15) is 0 Å². The van der Waals surface area contributed by atoms with Gasteiger partial charge in [0.25, 0.3) is 5.56 Å². The predicted molar refractivity (Wildman–Crippen MR) is 133 cm³/mol. The summed E-state index contributed by atoms with van der Waals surface area (Å²) in [7, 11) is 2.77. The predicted octanol–water partition coefficient (Wildman–Crippen LogP) is 4.27. The molecule has 0 aliphatic carbocycles. The number of rotatable bonds is 7. The second-order valence-electron chi connectivity index (χ2n) is 7.07. The van der Waals surface area contributed by atoms with E-state index in [4.69, 9.17) is 9.47 Å². The van der Waals surface area contributed by atoms with E-state index in [-0.39, 0.29) is 12.2 Å². The Morgan fingerprint density at radius 3 is 2.53 bits per heavy atom. The maximum Gasteiger partial charge on any atom is 0.343 e.